The van der Waals surface area contributed by atoms with E-state index >= 15 is 0 Å². The maximum atomic E-state index is 9.77. The monoisotopic (exact) mass is 198 g/mol. The molecule has 1 rings (SSSR count). The van der Waals surface area contributed by atoms with Gasteiger partial charge in [0.2, 0.25) is 5.89 Å². The van der Waals surface area contributed by atoms with E-state index in [0.29, 0.717) is 17.6 Å². The van der Waals surface area contributed by atoms with Crippen LogP contribution < -0.4 is 5.73 Å². The number of aliphatic hydroxyl groups is 1. The van der Waals surface area contributed by atoms with E-state index in [0.717, 1.165) is 6.42 Å². The second kappa shape index (κ2) is 4.57. The van der Waals surface area contributed by atoms with Crippen molar-refractivity contribution in [1.29, 1.82) is 0 Å². The highest BCUT2D eigenvalue weighted by molar-refractivity contribution is 4.96. The van der Waals surface area contributed by atoms with E-state index in [9.17, 15) is 5.11 Å². The molecule has 0 aromatic carbocycles. The molecule has 14 heavy (non-hydrogen) atoms. The first-order valence-electron chi connectivity index (χ1n) is 4.86. The Kier molecular flexibility index (Phi) is 3.66. The first kappa shape index (κ1) is 11.2. The van der Waals surface area contributed by atoms with Gasteiger partial charge in [-0.25, -0.2) is 4.98 Å². The molecule has 80 valence electrons. The highest BCUT2D eigenvalue weighted by Gasteiger charge is 2.22. The molecule has 3 N–H and O–H groups in total. The van der Waals surface area contributed by atoms with E-state index in [1.165, 1.54) is 0 Å². The van der Waals surface area contributed by atoms with Crippen LogP contribution in [-0.4, -0.2) is 16.1 Å². The molecule has 0 aliphatic carbocycles. The predicted molar refractivity (Wildman–Crippen MR) is 53.6 cm³/mol. The van der Waals surface area contributed by atoms with Gasteiger partial charge in [0.05, 0.1) is 6.20 Å². The molecular formula is C10H18N2O2. The molecule has 0 fully saturated rings. The van der Waals surface area contributed by atoms with Crippen LogP contribution in [0.5, 0.6) is 0 Å². The summed E-state index contributed by atoms with van der Waals surface area (Å²) in [5, 5.41) is 9.77. The van der Waals surface area contributed by atoms with Gasteiger partial charge in [-0.3, -0.25) is 0 Å². The van der Waals surface area contributed by atoms with Gasteiger partial charge in [0.25, 0.3) is 0 Å². The number of oxazole rings is 1. The third kappa shape index (κ3) is 2.82. The van der Waals surface area contributed by atoms with Crippen LogP contribution in [0.15, 0.2) is 10.6 Å². The van der Waals surface area contributed by atoms with Crippen molar-refractivity contribution in [2.24, 2.45) is 11.7 Å². The van der Waals surface area contributed by atoms with E-state index < -0.39 is 6.10 Å². The summed E-state index contributed by atoms with van der Waals surface area (Å²) in [7, 11) is 0. The van der Waals surface area contributed by atoms with Crippen LogP contribution in [0.3, 0.4) is 0 Å². The molecule has 0 bridgehead atoms. The van der Waals surface area contributed by atoms with Crippen LogP contribution in [0, 0.1) is 12.8 Å². The predicted octanol–water partition coefficient (Wildman–Crippen LogP) is 1.39. The minimum atomic E-state index is -0.800. The Labute approximate surface area is 84.1 Å². The summed E-state index contributed by atoms with van der Waals surface area (Å²) in [6.07, 6.45) is 1.54. The quantitative estimate of drug-likeness (QED) is 0.766. The molecule has 1 aromatic heterocycles. The van der Waals surface area contributed by atoms with Crippen molar-refractivity contribution >= 4 is 0 Å². The highest BCUT2D eigenvalue weighted by atomic mass is 16.4. The number of aryl methyl sites for hydroxylation is 1. The van der Waals surface area contributed by atoms with Crippen LogP contribution >= 0.6 is 0 Å². The molecule has 0 radical (unpaired) electrons. The average molecular weight is 198 g/mol. The van der Waals surface area contributed by atoms with Crippen LogP contribution in [0.4, 0.5) is 0 Å². The molecule has 0 aliphatic rings. The fourth-order valence-corrected chi connectivity index (χ4v) is 1.37. The van der Waals surface area contributed by atoms with Gasteiger partial charge in [-0.2, -0.15) is 0 Å². The molecule has 4 heteroatoms. The van der Waals surface area contributed by atoms with Crippen molar-refractivity contribution < 1.29 is 9.52 Å². The zero-order chi connectivity index (χ0) is 10.7. The molecule has 2 unspecified atom stereocenters. The maximum Gasteiger partial charge on any atom is 0.224 e. The van der Waals surface area contributed by atoms with Gasteiger partial charge >= 0.3 is 0 Å². The largest absolute Gasteiger partial charge is 0.443 e. The summed E-state index contributed by atoms with van der Waals surface area (Å²) >= 11 is 0. The number of rotatable bonds is 4. The summed E-state index contributed by atoms with van der Waals surface area (Å²) in [5.41, 5.74) is 5.81. The maximum absolute atomic E-state index is 9.77. The van der Waals surface area contributed by atoms with Crippen LogP contribution in [0.2, 0.25) is 0 Å². The Bertz CT molecular complexity index is 283. The first-order valence-corrected chi connectivity index (χ1v) is 4.86. The van der Waals surface area contributed by atoms with E-state index in [1.807, 2.05) is 0 Å². The van der Waals surface area contributed by atoms with E-state index in [1.54, 1.807) is 13.1 Å². The molecule has 1 aromatic rings. The van der Waals surface area contributed by atoms with Crippen LogP contribution in [0.25, 0.3) is 0 Å². The molecule has 0 saturated heterocycles. The van der Waals surface area contributed by atoms with Gasteiger partial charge in [-0.1, -0.05) is 13.8 Å². The second-order valence-corrected chi connectivity index (χ2v) is 4.05. The van der Waals surface area contributed by atoms with E-state index in [-0.39, 0.29) is 6.04 Å². The number of aromatic nitrogens is 1. The lowest BCUT2D eigenvalue weighted by Gasteiger charge is -2.17. The molecular weight excluding hydrogens is 180 g/mol. The van der Waals surface area contributed by atoms with Crippen molar-refractivity contribution in [2.75, 3.05) is 0 Å². The van der Waals surface area contributed by atoms with Gasteiger partial charge in [0, 0.05) is 6.04 Å². The summed E-state index contributed by atoms with van der Waals surface area (Å²) in [6.45, 7) is 5.91. The summed E-state index contributed by atoms with van der Waals surface area (Å²) < 4.78 is 5.21. The van der Waals surface area contributed by atoms with Crippen molar-refractivity contribution in [1.82, 2.24) is 4.98 Å². The molecule has 4 nitrogen and oxygen atoms in total. The van der Waals surface area contributed by atoms with E-state index in [2.05, 4.69) is 18.8 Å². The zero-order valence-corrected chi connectivity index (χ0v) is 8.90. The third-order valence-corrected chi connectivity index (χ3v) is 2.04. The summed E-state index contributed by atoms with van der Waals surface area (Å²) in [5.74, 6) is 1.46. The van der Waals surface area contributed by atoms with Crippen molar-refractivity contribution in [3.8, 4) is 0 Å². The van der Waals surface area contributed by atoms with Gasteiger partial charge in [-0.15, -0.1) is 0 Å². The SMILES string of the molecule is Cc1cnc(C(O)C(N)CC(C)C)o1. The number of hydrogen-bond acceptors (Lipinski definition) is 4. The highest BCUT2D eigenvalue weighted by Crippen LogP contribution is 2.19. The third-order valence-electron chi connectivity index (χ3n) is 2.04. The van der Waals surface area contributed by atoms with Gasteiger partial charge < -0.3 is 15.3 Å². The Morgan fingerprint density at radius 3 is 2.64 bits per heavy atom. The zero-order valence-electron chi connectivity index (χ0n) is 8.90. The number of nitrogens with zero attached hydrogens (tertiary/aromatic N) is 1. The lowest BCUT2D eigenvalue weighted by Crippen LogP contribution is -2.30. The average Bonchev–Trinajstić information content (AvgIpc) is 2.49. The molecule has 0 amide bonds. The smallest absolute Gasteiger partial charge is 0.224 e. The Morgan fingerprint density at radius 2 is 2.21 bits per heavy atom. The Balaban J connectivity index is 2.60. The second-order valence-electron chi connectivity index (χ2n) is 4.05. The van der Waals surface area contributed by atoms with Crippen LogP contribution in [0.1, 0.15) is 38.0 Å². The standard InChI is InChI=1S/C10H18N2O2/c1-6(2)4-8(11)9(13)10-12-5-7(3)14-10/h5-6,8-9,13H,4,11H2,1-3H3. The fourth-order valence-electron chi connectivity index (χ4n) is 1.37. The normalized spacial score (nSPS) is 15.9. The Morgan fingerprint density at radius 1 is 1.57 bits per heavy atom. The van der Waals surface area contributed by atoms with Crippen molar-refractivity contribution in [3.05, 3.63) is 17.8 Å². The van der Waals surface area contributed by atoms with Gasteiger partial charge in [0.1, 0.15) is 11.9 Å². The summed E-state index contributed by atoms with van der Waals surface area (Å²) in [4.78, 5) is 3.95. The number of aliphatic hydroxyl groups excluding tert-OH is 1. The van der Waals surface area contributed by atoms with Gasteiger partial charge in [-0.05, 0) is 19.3 Å². The Hall–Kier alpha value is -0.870. The first-order chi connectivity index (χ1) is 6.50. The molecule has 2 atom stereocenters. The van der Waals surface area contributed by atoms with E-state index in [4.69, 9.17) is 10.2 Å². The molecule has 0 saturated carbocycles. The topological polar surface area (TPSA) is 72.3 Å². The minimum absolute atomic E-state index is 0.312. The lowest BCUT2D eigenvalue weighted by atomic mass is 10.0. The van der Waals surface area contributed by atoms with Crippen LogP contribution in [-0.2, 0) is 0 Å². The van der Waals surface area contributed by atoms with Crippen molar-refractivity contribution in [2.45, 2.75) is 39.3 Å². The fraction of sp³-hybridized carbons (Fsp3) is 0.700. The molecule has 0 aliphatic heterocycles. The van der Waals surface area contributed by atoms with Crippen molar-refractivity contribution in [3.63, 3.8) is 0 Å². The molecule has 1 heterocycles. The summed E-state index contributed by atoms with van der Waals surface area (Å²) in [6, 6.07) is -0.312. The minimum Gasteiger partial charge on any atom is -0.443 e. The lowest BCUT2D eigenvalue weighted by molar-refractivity contribution is 0.105. The van der Waals surface area contributed by atoms with Gasteiger partial charge in [0.15, 0.2) is 0 Å². The number of nitrogens with two attached hydrogens (primary N) is 1. The number of hydrogen-bond donors (Lipinski definition) is 2. The molecule has 0 spiro atoms.